The highest BCUT2D eigenvalue weighted by atomic mass is 35.5. The zero-order valence-electron chi connectivity index (χ0n) is 14.5. The molecular formula is C19H25ClFNO3. The molecule has 0 amide bonds. The van der Waals surface area contributed by atoms with Crippen LogP contribution in [0.1, 0.15) is 24.5 Å². The number of halogens is 2. The van der Waals surface area contributed by atoms with Gasteiger partial charge in [-0.3, -0.25) is 0 Å². The second-order valence-electron chi connectivity index (χ2n) is 5.50. The lowest BCUT2D eigenvalue weighted by molar-refractivity contribution is 0.236. The van der Waals surface area contributed by atoms with Gasteiger partial charge in [-0.05, 0) is 18.6 Å². The molecule has 0 radical (unpaired) electrons. The first kappa shape index (κ1) is 21.2. The van der Waals surface area contributed by atoms with Gasteiger partial charge in [-0.15, -0.1) is 12.4 Å². The molecule has 2 N–H and O–H groups in total. The van der Waals surface area contributed by atoms with E-state index in [1.54, 1.807) is 25.3 Å². The molecule has 138 valence electrons. The number of aliphatic hydroxyl groups excluding tert-OH is 1. The fourth-order valence-electron chi connectivity index (χ4n) is 2.38. The molecular weight excluding hydrogens is 345 g/mol. The minimum atomic E-state index is -0.293. The van der Waals surface area contributed by atoms with Gasteiger partial charge in [0.25, 0.3) is 0 Å². The van der Waals surface area contributed by atoms with E-state index in [0.29, 0.717) is 23.6 Å². The molecule has 2 rings (SSSR count). The third kappa shape index (κ3) is 5.88. The highest BCUT2D eigenvalue weighted by Crippen LogP contribution is 2.32. The van der Waals surface area contributed by atoms with Crippen LogP contribution in [0.15, 0.2) is 42.5 Å². The van der Waals surface area contributed by atoms with E-state index in [0.717, 1.165) is 12.0 Å². The molecule has 0 spiro atoms. The Labute approximate surface area is 154 Å². The van der Waals surface area contributed by atoms with Crippen LogP contribution in [0.5, 0.6) is 11.5 Å². The minimum absolute atomic E-state index is 0. The Morgan fingerprint density at radius 2 is 1.84 bits per heavy atom. The summed E-state index contributed by atoms with van der Waals surface area (Å²) < 4.78 is 25.0. The Hall–Kier alpha value is -1.82. The van der Waals surface area contributed by atoms with Crippen LogP contribution in [-0.2, 0) is 13.2 Å². The van der Waals surface area contributed by atoms with Gasteiger partial charge in [0.1, 0.15) is 12.4 Å². The van der Waals surface area contributed by atoms with Gasteiger partial charge in [0.05, 0.1) is 13.7 Å². The van der Waals surface area contributed by atoms with Crippen LogP contribution in [0.2, 0.25) is 0 Å². The number of benzene rings is 2. The summed E-state index contributed by atoms with van der Waals surface area (Å²) in [6.45, 7) is 2.74. The van der Waals surface area contributed by atoms with E-state index in [1.807, 2.05) is 25.1 Å². The topological polar surface area (TPSA) is 50.7 Å². The molecule has 0 aliphatic heterocycles. The van der Waals surface area contributed by atoms with E-state index >= 15 is 0 Å². The molecule has 6 heteroatoms. The summed E-state index contributed by atoms with van der Waals surface area (Å²) in [5.41, 5.74) is 1.39. The van der Waals surface area contributed by atoms with E-state index in [4.69, 9.17) is 9.47 Å². The van der Waals surface area contributed by atoms with Crippen molar-refractivity contribution >= 4 is 12.4 Å². The molecule has 0 aliphatic carbocycles. The highest BCUT2D eigenvalue weighted by molar-refractivity contribution is 5.85. The molecule has 0 saturated heterocycles. The average molecular weight is 370 g/mol. The Bertz CT molecular complexity index is 650. The van der Waals surface area contributed by atoms with Gasteiger partial charge in [0, 0.05) is 23.7 Å². The second-order valence-corrected chi connectivity index (χ2v) is 5.50. The van der Waals surface area contributed by atoms with Crippen LogP contribution in [0.25, 0.3) is 0 Å². The molecule has 0 saturated carbocycles. The zero-order chi connectivity index (χ0) is 17.4. The van der Waals surface area contributed by atoms with E-state index in [9.17, 15) is 9.50 Å². The van der Waals surface area contributed by atoms with Crippen molar-refractivity contribution in [2.45, 2.75) is 32.5 Å². The number of aliphatic hydroxyl groups is 1. The van der Waals surface area contributed by atoms with Crippen molar-refractivity contribution in [2.24, 2.45) is 0 Å². The summed E-state index contributed by atoms with van der Waals surface area (Å²) in [6, 6.07) is 12.2. The SMILES string of the molecule is CCC(CO)NCc1cccc(OC)c1OCc1ccccc1F.Cl. The number of ether oxygens (including phenoxy) is 2. The molecule has 2 aromatic rings. The van der Waals surface area contributed by atoms with Crippen molar-refractivity contribution in [3.8, 4) is 11.5 Å². The first-order valence-electron chi connectivity index (χ1n) is 8.05. The quantitative estimate of drug-likeness (QED) is 0.707. The summed E-state index contributed by atoms with van der Waals surface area (Å²) >= 11 is 0. The highest BCUT2D eigenvalue weighted by Gasteiger charge is 2.13. The third-order valence-corrected chi connectivity index (χ3v) is 3.90. The van der Waals surface area contributed by atoms with Gasteiger partial charge in [0.15, 0.2) is 11.5 Å². The third-order valence-electron chi connectivity index (χ3n) is 3.90. The lowest BCUT2D eigenvalue weighted by Crippen LogP contribution is -2.31. The van der Waals surface area contributed by atoms with E-state index in [2.05, 4.69) is 5.32 Å². The zero-order valence-corrected chi connectivity index (χ0v) is 15.3. The molecule has 1 unspecified atom stereocenters. The predicted molar refractivity (Wildman–Crippen MR) is 99.0 cm³/mol. The fraction of sp³-hybridized carbons (Fsp3) is 0.368. The van der Waals surface area contributed by atoms with Gasteiger partial charge in [0.2, 0.25) is 0 Å². The summed E-state index contributed by atoms with van der Waals surface area (Å²) in [7, 11) is 1.57. The minimum Gasteiger partial charge on any atom is -0.493 e. The van der Waals surface area contributed by atoms with E-state index < -0.39 is 0 Å². The summed E-state index contributed by atoms with van der Waals surface area (Å²) in [6.07, 6.45) is 0.825. The Kier molecular flexibility index (Phi) is 9.27. The summed E-state index contributed by atoms with van der Waals surface area (Å²) in [5.74, 6) is 0.893. The molecule has 25 heavy (non-hydrogen) atoms. The van der Waals surface area contributed by atoms with Crippen LogP contribution >= 0.6 is 12.4 Å². The van der Waals surface area contributed by atoms with Crippen molar-refractivity contribution in [2.75, 3.05) is 13.7 Å². The van der Waals surface area contributed by atoms with Crippen LogP contribution in [0.3, 0.4) is 0 Å². The molecule has 0 bridgehead atoms. The fourth-order valence-corrected chi connectivity index (χ4v) is 2.38. The maximum atomic E-state index is 13.8. The number of hydrogen-bond donors (Lipinski definition) is 2. The number of nitrogens with one attached hydrogen (secondary N) is 1. The molecule has 1 atom stereocenters. The maximum Gasteiger partial charge on any atom is 0.166 e. The molecule has 2 aromatic carbocycles. The average Bonchev–Trinajstić information content (AvgIpc) is 2.62. The van der Waals surface area contributed by atoms with Crippen LogP contribution in [-0.4, -0.2) is 24.9 Å². The largest absolute Gasteiger partial charge is 0.493 e. The van der Waals surface area contributed by atoms with Crippen molar-refractivity contribution in [1.82, 2.24) is 5.32 Å². The smallest absolute Gasteiger partial charge is 0.166 e. The van der Waals surface area contributed by atoms with Gasteiger partial charge < -0.3 is 19.9 Å². The Morgan fingerprint density at radius 1 is 1.12 bits per heavy atom. The normalized spacial score (nSPS) is 11.5. The lowest BCUT2D eigenvalue weighted by Gasteiger charge is -2.18. The van der Waals surface area contributed by atoms with Gasteiger partial charge in [-0.25, -0.2) is 4.39 Å². The van der Waals surface area contributed by atoms with Gasteiger partial charge in [-0.2, -0.15) is 0 Å². The predicted octanol–water partition coefficient (Wildman–Crippen LogP) is 3.70. The van der Waals surface area contributed by atoms with Crippen LogP contribution in [0.4, 0.5) is 4.39 Å². The van der Waals surface area contributed by atoms with E-state index in [-0.39, 0.29) is 37.5 Å². The first-order chi connectivity index (χ1) is 11.7. The summed E-state index contributed by atoms with van der Waals surface area (Å²) in [5, 5.41) is 12.6. The lowest BCUT2D eigenvalue weighted by atomic mass is 10.1. The summed E-state index contributed by atoms with van der Waals surface area (Å²) in [4.78, 5) is 0. The molecule has 4 nitrogen and oxygen atoms in total. The standard InChI is InChI=1S/C19H24FNO3.ClH/c1-3-16(12-22)21-11-14-8-6-10-18(23-2)19(14)24-13-15-7-4-5-9-17(15)20;/h4-10,16,21-22H,3,11-13H2,1-2H3;1H. The van der Waals surface area contributed by atoms with Crippen molar-refractivity contribution in [3.05, 3.63) is 59.4 Å². The number of rotatable bonds is 9. The van der Waals surface area contributed by atoms with Crippen LogP contribution < -0.4 is 14.8 Å². The van der Waals surface area contributed by atoms with Crippen molar-refractivity contribution in [1.29, 1.82) is 0 Å². The number of para-hydroxylation sites is 1. The maximum absolute atomic E-state index is 13.8. The van der Waals surface area contributed by atoms with Gasteiger partial charge in [-0.1, -0.05) is 37.3 Å². The first-order valence-corrected chi connectivity index (χ1v) is 8.05. The monoisotopic (exact) mass is 369 g/mol. The molecule has 0 aliphatic rings. The Balaban J connectivity index is 0.00000312. The molecule has 0 heterocycles. The number of methoxy groups -OCH3 is 1. The Morgan fingerprint density at radius 3 is 2.48 bits per heavy atom. The van der Waals surface area contributed by atoms with Crippen molar-refractivity contribution < 1.29 is 19.0 Å². The molecule has 0 aromatic heterocycles. The van der Waals surface area contributed by atoms with Crippen molar-refractivity contribution in [3.63, 3.8) is 0 Å². The number of hydrogen-bond acceptors (Lipinski definition) is 4. The van der Waals surface area contributed by atoms with Crippen LogP contribution in [0, 0.1) is 5.82 Å². The van der Waals surface area contributed by atoms with Gasteiger partial charge >= 0.3 is 0 Å². The molecule has 0 fully saturated rings. The second kappa shape index (κ2) is 10.9. The van der Waals surface area contributed by atoms with E-state index in [1.165, 1.54) is 6.07 Å².